The lowest BCUT2D eigenvalue weighted by atomic mass is 10.1. The van der Waals surface area contributed by atoms with Crippen molar-refractivity contribution in [1.82, 2.24) is 0 Å². The van der Waals surface area contributed by atoms with Crippen LogP contribution in [0.3, 0.4) is 0 Å². The van der Waals surface area contributed by atoms with E-state index in [1.54, 1.807) is 6.92 Å². The van der Waals surface area contributed by atoms with Gasteiger partial charge in [0.15, 0.2) is 5.78 Å². The van der Waals surface area contributed by atoms with Crippen LogP contribution in [-0.4, -0.2) is 23.5 Å². The molecular formula is C8H12O4. The molecule has 0 aliphatic carbocycles. The molecule has 0 aromatic rings. The number of hydrogen-bond donors (Lipinski definition) is 1. The summed E-state index contributed by atoms with van der Waals surface area (Å²) < 4.78 is 4.55. The molecule has 0 heterocycles. The molecule has 0 rings (SSSR count). The van der Waals surface area contributed by atoms with Gasteiger partial charge >= 0.3 is 5.97 Å². The largest absolute Gasteiger partial charge is 0.512 e. The molecule has 0 bridgehead atoms. The van der Waals surface area contributed by atoms with Gasteiger partial charge in [-0.25, -0.2) is 4.79 Å². The smallest absolute Gasteiger partial charge is 0.345 e. The lowest BCUT2D eigenvalue weighted by Crippen LogP contribution is -2.15. The van der Waals surface area contributed by atoms with Gasteiger partial charge in [0, 0.05) is 0 Å². The summed E-state index contributed by atoms with van der Waals surface area (Å²) in [7, 11) is 0. The van der Waals surface area contributed by atoms with Crippen molar-refractivity contribution < 1.29 is 19.4 Å². The topological polar surface area (TPSA) is 63.6 Å². The molecule has 0 amide bonds. The second kappa shape index (κ2) is 4.54. The van der Waals surface area contributed by atoms with Crippen molar-refractivity contribution in [2.24, 2.45) is 0 Å². The van der Waals surface area contributed by atoms with Crippen LogP contribution in [-0.2, 0) is 14.3 Å². The number of ether oxygens (including phenoxy) is 1. The van der Waals surface area contributed by atoms with Crippen LogP contribution in [0.25, 0.3) is 0 Å². The second-order valence-corrected chi connectivity index (χ2v) is 2.24. The van der Waals surface area contributed by atoms with E-state index in [0.29, 0.717) is 0 Å². The fourth-order valence-electron chi connectivity index (χ4n) is 0.749. The summed E-state index contributed by atoms with van der Waals surface area (Å²) >= 11 is 0. The molecule has 0 aliphatic heterocycles. The Balaban J connectivity index is 4.67. The summed E-state index contributed by atoms with van der Waals surface area (Å²) in [5, 5.41) is 8.94. The number of Topliss-reactive ketones (excluding diaryl/α,β-unsaturated/α-hetero) is 1. The normalized spacial score (nSPS) is 11.9. The van der Waals surface area contributed by atoms with Gasteiger partial charge < -0.3 is 9.84 Å². The molecule has 0 aromatic carbocycles. The number of hydrogen-bond acceptors (Lipinski definition) is 4. The molecule has 0 unspecified atom stereocenters. The molecule has 0 aromatic heterocycles. The maximum absolute atomic E-state index is 11.0. The maximum Gasteiger partial charge on any atom is 0.345 e. The van der Waals surface area contributed by atoms with Crippen LogP contribution < -0.4 is 0 Å². The van der Waals surface area contributed by atoms with Gasteiger partial charge in [-0.15, -0.1) is 0 Å². The summed E-state index contributed by atoms with van der Waals surface area (Å²) in [6.07, 6.45) is 0. The number of aliphatic hydroxyl groups excluding tert-OH is 1. The second-order valence-electron chi connectivity index (χ2n) is 2.24. The van der Waals surface area contributed by atoms with Gasteiger partial charge in [-0.1, -0.05) is 0 Å². The highest BCUT2D eigenvalue weighted by atomic mass is 16.5. The first-order chi connectivity index (χ1) is 5.50. The highest BCUT2D eigenvalue weighted by Crippen LogP contribution is 2.04. The lowest BCUT2D eigenvalue weighted by molar-refractivity contribution is -0.140. The molecule has 0 saturated carbocycles. The van der Waals surface area contributed by atoms with E-state index in [9.17, 15) is 9.59 Å². The van der Waals surface area contributed by atoms with Crippen LogP contribution >= 0.6 is 0 Å². The van der Waals surface area contributed by atoms with E-state index in [-0.39, 0.29) is 17.9 Å². The SMILES string of the molecule is CCOC(=O)C(C(C)=O)=C(C)O. The molecular weight excluding hydrogens is 160 g/mol. The van der Waals surface area contributed by atoms with Gasteiger partial charge in [0.25, 0.3) is 0 Å². The number of carbonyl (C=O) groups excluding carboxylic acids is 2. The molecule has 68 valence electrons. The third kappa shape index (κ3) is 2.74. The van der Waals surface area contributed by atoms with Crippen LogP contribution in [0.15, 0.2) is 11.3 Å². The third-order valence-corrected chi connectivity index (χ3v) is 1.19. The summed E-state index contributed by atoms with van der Waals surface area (Å²) in [5.41, 5.74) is -0.281. The zero-order chi connectivity index (χ0) is 9.72. The number of ketones is 1. The van der Waals surface area contributed by atoms with Gasteiger partial charge in [-0.3, -0.25) is 4.79 Å². The zero-order valence-electron chi connectivity index (χ0n) is 7.38. The number of esters is 1. The molecule has 4 nitrogen and oxygen atoms in total. The first-order valence-electron chi connectivity index (χ1n) is 3.58. The molecule has 0 atom stereocenters. The van der Waals surface area contributed by atoms with Crippen LogP contribution in [0.4, 0.5) is 0 Å². The average Bonchev–Trinajstić information content (AvgIpc) is 1.85. The Morgan fingerprint density at radius 2 is 1.83 bits per heavy atom. The van der Waals surface area contributed by atoms with Crippen LogP contribution in [0.2, 0.25) is 0 Å². The summed E-state index contributed by atoms with van der Waals surface area (Å²) in [4.78, 5) is 21.7. The maximum atomic E-state index is 11.0. The van der Waals surface area contributed by atoms with Crippen LogP contribution in [0.5, 0.6) is 0 Å². The van der Waals surface area contributed by atoms with E-state index >= 15 is 0 Å². The van der Waals surface area contributed by atoms with E-state index in [1.807, 2.05) is 0 Å². The fraction of sp³-hybridized carbons (Fsp3) is 0.500. The first kappa shape index (κ1) is 10.7. The Hall–Kier alpha value is -1.32. The molecule has 0 aliphatic rings. The summed E-state index contributed by atoms with van der Waals surface area (Å²) in [6, 6.07) is 0. The first-order valence-corrected chi connectivity index (χ1v) is 3.58. The van der Waals surface area contributed by atoms with Crippen molar-refractivity contribution in [2.75, 3.05) is 6.61 Å². The van der Waals surface area contributed by atoms with Crippen molar-refractivity contribution in [3.63, 3.8) is 0 Å². The predicted octanol–water partition coefficient (Wildman–Crippen LogP) is 0.971. The summed E-state index contributed by atoms with van der Waals surface area (Å²) in [6.45, 7) is 4.28. The van der Waals surface area contributed by atoms with Crippen molar-refractivity contribution in [3.05, 3.63) is 11.3 Å². The highest BCUT2D eigenvalue weighted by molar-refractivity contribution is 6.16. The number of rotatable bonds is 3. The molecule has 12 heavy (non-hydrogen) atoms. The van der Waals surface area contributed by atoms with Gasteiger partial charge in [-0.2, -0.15) is 0 Å². The van der Waals surface area contributed by atoms with E-state index in [4.69, 9.17) is 5.11 Å². The highest BCUT2D eigenvalue weighted by Gasteiger charge is 2.18. The number of allylic oxidation sites excluding steroid dienone is 1. The molecule has 0 saturated heterocycles. The molecule has 1 N–H and O–H groups in total. The molecule has 4 heteroatoms. The average molecular weight is 172 g/mol. The lowest BCUT2D eigenvalue weighted by Gasteiger charge is -2.03. The van der Waals surface area contributed by atoms with E-state index in [2.05, 4.69) is 4.74 Å². The Morgan fingerprint density at radius 3 is 2.08 bits per heavy atom. The quantitative estimate of drug-likeness (QED) is 0.226. The van der Waals surface area contributed by atoms with Crippen LogP contribution in [0.1, 0.15) is 20.8 Å². The molecule has 0 fully saturated rings. The molecule has 0 spiro atoms. The summed E-state index contributed by atoms with van der Waals surface area (Å²) in [5.74, 6) is -1.57. The van der Waals surface area contributed by atoms with Gasteiger partial charge in [0.1, 0.15) is 11.3 Å². The van der Waals surface area contributed by atoms with Gasteiger partial charge in [0.2, 0.25) is 0 Å². The van der Waals surface area contributed by atoms with Crippen molar-refractivity contribution in [3.8, 4) is 0 Å². The number of aliphatic hydroxyl groups is 1. The van der Waals surface area contributed by atoms with E-state index in [0.717, 1.165) is 0 Å². The zero-order valence-corrected chi connectivity index (χ0v) is 7.38. The van der Waals surface area contributed by atoms with Crippen LogP contribution in [0, 0.1) is 0 Å². The Morgan fingerprint density at radius 1 is 1.33 bits per heavy atom. The van der Waals surface area contributed by atoms with Crippen molar-refractivity contribution in [2.45, 2.75) is 20.8 Å². The minimum atomic E-state index is -0.773. The Kier molecular flexibility index (Phi) is 4.04. The van der Waals surface area contributed by atoms with Gasteiger partial charge in [0.05, 0.1) is 6.61 Å². The van der Waals surface area contributed by atoms with Crippen molar-refractivity contribution >= 4 is 11.8 Å². The standard InChI is InChI=1S/C8H12O4/c1-4-12-8(11)7(5(2)9)6(3)10/h9H,4H2,1-3H3. The van der Waals surface area contributed by atoms with Gasteiger partial charge in [-0.05, 0) is 20.8 Å². The van der Waals surface area contributed by atoms with E-state index < -0.39 is 11.8 Å². The van der Waals surface area contributed by atoms with Crippen molar-refractivity contribution in [1.29, 1.82) is 0 Å². The minimum absolute atomic E-state index is 0.183. The minimum Gasteiger partial charge on any atom is -0.512 e. The fourth-order valence-corrected chi connectivity index (χ4v) is 0.749. The Labute approximate surface area is 70.8 Å². The monoisotopic (exact) mass is 172 g/mol. The van der Waals surface area contributed by atoms with E-state index in [1.165, 1.54) is 13.8 Å². The Bertz CT molecular complexity index is 223. The number of carbonyl (C=O) groups is 2. The third-order valence-electron chi connectivity index (χ3n) is 1.19. The predicted molar refractivity (Wildman–Crippen MR) is 42.6 cm³/mol. The molecule has 0 radical (unpaired) electrons.